The van der Waals surface area contributed by atoms with E-state index < -0.39 is 22.8 Å². The molecule has 0 saturated heterocycles. The highest BCUT2D eigenvalue weighted by Crippen LogP contribution is 2.12. The van der Waals surface area contributed by atoms with Crippen molar-refractivity contribution in [2.75, 3.05) is 0 Å². The minimum absolute atomic E-state index is 0.162. The van der Waals surface area contributed by atoms with Crippen molar-refractivity contribution in [1.82, 2.24) is 0 Å². The molecule has 0 unspecified atom stereocenters. The van der Waals surface area contributed by atoms with Crippen molar-refractivity contribution in [2.24, 2.45) is 0 Å². The second kappa shape index (κ2) is 4.84. The lowest BCUT2D eigenvalue weighted by Crippen LogP contribution is -2.20. The number of nitrogens with zero attached hydrogens (tertiary/aromatic N) is 1. The van der Waals surface area contributed by atoms with Gasteiger partial charge >= 0.3 is 17.9 Å². The average molecular weight is 239 g/mol. The zero-order valence-electron chi connectivity index (χ0n) is 8.15. The van der Waals surface area contributed by atoms with Crippen LogP contribution >= 0.6 is 0 Å². The molecular formula is C9H5NO7. The highest BCUT2D eigenvalue weighted by Gasteiger charge is 2.19. The van der Waals surface area contributed by atoms with Gasteiger partial charge in [0.15, 0.2) is 0 Å². The van der Waals surface area contributed by atoms with Gasteiger partial charge in [0.25, 0.3) is 5.69 Å². The maximum atomic E-state index is 11.2. The fraction of sp³-hybridized carbons (Fsp3) is 0. The van der Waals surface area contributed by atoms with E-state index in [0.29, 0.717) is 0 Å². The predicted molar refractivity (Wildman–Crippen MR) is 51.2 cm³/mol. The Kier molecular flexibility index (Phi) is 3.50. The Morgan fingerprint density at radius 2 is 1.71 bits per heavy atom. The Labute approximate surface area is 93.6 Å². The Balaban J connectivity index is 2.80. The number of rotatable bonds is 2. The summed E-state index contributed by atoms with van der Waals surface area (Å²) in [6.45, 7) is 0. The van der Waals surface area contributed by atoms with Gasteiger partial charge in [0.05, 0.1) is 10.5 Å². The van der Waals surface area contributed by atoms with Crippen LogP contribution in [0.5, 0.6) is 0 Å². The molecule has 1 aromatic carbocycles. The molecule has 1 aromatic rings. The lowest BCUT2D eigenvalue weighted by atomic mass is 10.2. The normalized spacial score (nSPS) is 9.41. The van der Waals surface area contributed by atoms with Crippen molar-refractivity contribution in [1.29, 1.82) is 0 Å². The standard InChI is InChI=1S/C9H5NO7/c11-7(12)9(14)17-8(13)5-1-3-6(4-2-5)10(15)16/h1-4H,(H,11,12). The summed E-state index contributed by atoms with van der Waals surface area (Å²) in [5, 5.41) is 18.5. The molecule has 0 heterocycles. The summed E-state index contributed by atoms with van der Waals surface area (Å²) >= 11 is 0. The largest absolute Gasteiger partial charge is 0.473 e. The molecule has 8 nitrogen and oxygen atoms in total. The molecule has 0 bridgehead atoms. The van der Waals surface area contributed by atoms with E-state index in [1.54, 1.807) is 0 Å². The molecule has 0 amide bonds. The van der Waals surface area contributed by atoms with Crippen LogP contribution in [0, 0.1) is 10.1 Å². The van der Waals surface area contributed by atoms with Crippen LogP contribution in [0.25, 0.3) is 0 Å². The Morgan fingerprint density at radius 3 is 2.12 bits per heavy atom. The van der Waals surface area contributed by atoms with Crippen LogP contribution in [-0.2, 0) is 14.3 Å². The summed E-state index contributed by atoms with van der Waals surface area (Å²) in [6, 6.07) is 4.16. The van der Waals surface area contributed by atoms with Crippen molar-refractivity contribution >= 4 is 23.6 Å². The molecule has 1 rings (SSSR count). The Hall–Kier alpha value is -2.77. The minimum Gasteiger partial charge on any atom is -0.473 e. The number of nitro benzene ring substituents is 1. The number of carbonyl (C=O) groups is 3. The summed E-state index contributed by atoms with van der Waals surface area (Å²) in [7, 11) is 0. The second-order valence-corrected chi connectivity index (χ2v) is 2.79. The number of hydrogen-bond acceptors (Lipinski definition) is 6. The Morgan fingerprint density at radius 1 is 1.18 bits per heavy atom. The second-order valence-electron chi connectivity index (χ2n) is 2.79. The highest BCUT2D eigenvalue weighted by molar-refractivity contribution is 6.31. The first-order valence-corrected chi connectivity index (χ1v) is 4.15. The van der Waals surface area contributed by atoms with Crippen LogP contribution in [-0.4, -0.2) is 27.9 Å². The molecule has 17 heavy (non-hydrogen) atoms. The molecule has 0 aliphatic carbocycles. The number of ether oxygens (including phenoxy) is 1. The Bertz CT molecular complexity index is 491. The van der Waals surface area contributed by atoms with Crippen molar-refractivity contribution in [3.63, 3.8) is 0 Å². The summed E-state index contributed by atoms with van der Waals surface area (Å²) in [6.07, 6.45) is 0. The molecular weight excluding hydrogens is 234 g/mol. The number of carbonyl (C=O) groups excluding carboxylic acids is 2. The van der Waals surface area contributed by atoms with E-state index in [1.165, 1.54) is 0 Å². The SMILES string of the molecule is O=C(O)C(=O)OC(=O)c1ccc([N+](=O)[O-])cc1. The fourth-order valence-corrected chi connectivity index (χ4v) is 0.906. The quantitative estimate of drug-likeness (QED) is 0.260. The van der Waals surface area contributed by atoms with Crippen molar-refractivity contribution in [3.05, 3.63) is 39.9 Å². The number of non-ortho nitro benzene ring substituents is 1. The fourth-order valence-electron chi connectivity index (χ4n) is 0.906. The molecule has 88 valence electrons. The van der Waals surface area contributed by atoms with Gasteiger partial charge < -0.3 is 9.84 Å². The molecule has 0 fully saturated rings. The lowest BCUT2D eigenvalue weighted by molar-refractivity contribution is -0.384. The number of benzene rings is 1. The number of esters is 2. The van der Waals surface area contributed by atoms with E-state index in [-0.39, 0.29) is 11.3 Å². The molecule has 1 N–H and O–H groups in total. The van der Waals surface area contributed by atoms with Gasteiger partial charge in [0.2, 0.25) is 0 Å². The molecule has 0 radical (unpaired) electrons. The van der Waals surface area contributed by atoms with Gasteiger partial charge in [-0.2, -0.15) is 0 Å². The molecule has 0 aromatic heterocycles. The van der Waals surface area contributed by atoms with Crippen LogP contribution in [0.3, 0.4) is 0 Å². The lowest BCUT2D eigenvalue weighted by Gasteiger charge is -1.99. The van der Waals surface area contributed by atoms with Crippen LogP contribution in [0.1, 0.15) is 10.4 Å². The molecule has 8 heteroatoms. The smallest absolute Gasteiger partial charge is 0.425 e. The average Bonchev–Trinajstić information content (AvgIpc) is 2.28. The van der Waals surface area contributed by atoms with E-state index in [9.17, 15) is 24.5 Å². The van der Waals surface area contributed by atoms with Crippen LogP contribution in [0.15, 0.2) is 24.3 Å². The van der Waals surface area contributed by atoms with Crippen LogP contribution in [0.4, 0.5) is 5.69 Å². The van der Waals surface area contributed by atoms with Crippen LogP contribution < -0.4 is 0 Å². The zero-order chi connectivity index (χ0) is 13.0. The first kappa shape index (κ1) is 12.3. The monoisotopic (exact) mass is 239 g/mol. The summed E-state index contributed by atoms with van der Waals surface area (Å²) < 4.78 is 3.95. The summed E-state index contributed by atoms with van der Waals surface area (Å²) in [5.74, 6) is -4.80. The number of aliphatic carboxylic acids is 1. The highest BCUT2D eigenvalue weighted by atomic mass is 16.6. The molecule has 0 spiro atoms. The van der Waals surface area contributed by atoms with E-state index >= 15 is 0 Å². The number of nitro groups is 1. The van der Waals surface area contributed by atoms with Crippen molar-refractivity contribution < 1.29 is 29.2 Å². The van der Waals surface area contributed by atoms with Gasteiger partial charge in [-0.25, -0.2) is 14.4 Å². The molecule has 0 aliphatic rings. The third kappa shape index (κ3) is 3.09. The predicted octanol–water partition coefficient (Wildman–Crippen LogP) is 0.363. The molecule has 0 saturated carbocycles. The van der Waals surface area contributed by atoms with E-state index in [0.717, 1.165) is 24.3 Å². The summed E-state index contributed by atoms with van der Waals surface area (Å²) in [4.78, 5) is 41.4. The first-order chi connectivity index (χ1) is 7.91. The topological polar surface area (TPSA) is 124 Å². The zero-order valence-corrected chi connectivity index (χ0v) is 8.15. The van der Waals surface area contributed by atoms with E-state index in [1.807, 2.05) is 0 Å². The van der Waals surface area contributed by atoms with Crippen molar-refractivity contribution in [3.8, 4) is 0 Å². The van der Waals surface area contributed by atoms with Gasteiger partial charge in [-0.1, -0.05) is 0 Å². The molecule has 0 aliphatic heterocycles. The number of hydrogen-bond donors (Lipinski definition) is 1. The third-order valence-corrected chi connectivity index (χ3v) is 1.67. The van der Waals surface area contributed by atoms with Crippen molar-refractivity contribution in [2.45, 2.75) is 0 Å². The van der Waals surface area contributed by atoms with Gasteiger partial charge in [-0.15, -0.1) is 0 Å². The number of carboxylic acid groups (broad SMARTS) is 1. The van der Waals surface area contributed by atoms with Gasteiger partial charge in [-0.3, -0.25) is 10.1 Å². The first-order valence-electron chi connectivity index (χ1n) is 4.15. The third-order valence-electron chi connectivity index (χ3n) is 1.67. The van der Waals surface area contributed by atoms with Crippen LogP contribution in [0.2, 0.25) is 0 Å². The maximum absolute atomic E-state index is 11.2. The molecule has 0 atom stereocenters. The van der Waals surface area contributed by atoms with E-state index in [2.05, 4.69) is 4.74 Å². The minimum atomic E-state index is -1.90. The number of carboxylic acids is 1. The van der Waals surface area contributed by atoms with Gasteiger partial charge in [0, 0.05) is 12.1 Å². The maximum Gasteiger partial charge on any atom is 0.425 e. The van der Waals surface area contributed by atoms with Gasteiger partial charge in [0.1, 0.15) is 0 Å². The van der Waals surface area contributed by atoms with E-state index in [4.69, 9.17) is 5.11 Å². The summed E-state index contributed by atoms with van der Waals surface area (Å²) in [5.41, 5.74) is -0.406. The van der Waals surface area contributed by atoms with Gasteiger partial charge in [-0.05, 0) is 12.1 Å².